The van der Waals surface area contributed by atoms with E-state index in [0.29, 0.717) is 0 Å². The van der Waals surface area contributed by atoms with Gasteiger partial charge in [-0.05, 0) is 36.3 Å². The standard InChI is InChI=1S/C9H13NS2/c10-8-4-3-7(2-1-5-11)6-9(8)12/h3-4,6,11-12H,1-2,5,10H2. The van der Waals surface area contributed by atoms with Gasteiger partial charge in [0.25, 0.3) is 0 Å². The average molecular weight is 199 g/mol. The number of thiol groups is 2. The smallest absolute Gasteiger partial charge is 0.0449 e. The van der Waals surface area contributed by atoms with Gasteiger partial charge in [0, 0.05) is 10.6 Å². The summed E-state index contributed by atoms with van der Waals surface area (Å²) in [6.45, 7) is 0. The maximum absolute atomic E-state index is 5.63. The van der Waals surface area contributed by atoms with Crippen molar-refractivity contribution < 1.29 is 0 Å². The Bertz CT molecular complexity index is 261. The Hall–Kier alpha value is -0.280. The summed E-state index contributed by atoms with van der Waals surface area (Å²) in [4.78, 5) is 0.867. The summed E-state index contributed by atoms with van der Waals surface area (Å²) < 4.78 is 0. The summed E-state index contributed by atoms with van der Waals surface area (Å²) >= 11 is 8.40. The Morgan fingerprint density at radius 1 is 1.33 bits per heavy atom. The lowest BCUT2D eigenvalue weighted by Crippen LogP contribution is -1.90. The largest absolute Gasteiger partial charge is 0.398 e. The molecule has 0 aliphatic rings. The third-order valence-corrected chi connectivity index (χ3v) is 2.42. The lowest BCUT2D eigenvalue weighted by Gasteiger charge is -2.02. The van der Waals surface area contributed by atoms with Gasteiger partial charge in [-0.15, -0.1) is 12.6 Å². The number of nitrogens with two attached hydrogens (primary N) is 1. The van der Waals surface area contributed by atoms with E-state index < -0.39 is 0 Å². The van der Waals surface area contributed by atoms with Crippen molar-refractivity contribution in [3.63, 3.8) is 0 Å². The molecular weight excluding hydrogens is 186 g/mol. The zero-order valence-corrected chi connectivity index (χ0v) is 8.61. The van der Waals surface area contributed by atoms with E-state index in [1.54, 1.807) is 0 Å². The molecule has 1 aromatic carbocycles. The highest BCUT2D eigenvalue weighted by atomic mass is 32.1. The fraction of sp³-hybridized carbons (Fsp3) is 0.333. The van der Waals surface area contributed by atoms with Crippen molar-refractivity contribution in [2.24, 2.45) is 0 Å². The van der Waals surface area contributed by atoms with Crippen LogP contribution in [0.4, 0.5) is 5.69 Å². The molecule has 0 aliphatic carbocycles. The van der Waals surface area contributed by atoms with Crippen molar-refractivity contribution >= 4 is 30.9 Å². The summed E-state index contributed by atoms with van der Waals surface area (Å²) in [6.07, 6.45) is 2.15. The van der Waals surface area contributed by atoms with Crippen LogP contribution in [0.2, 0.25) is 0 Å². The van der Waals surface area contributed by atoms with Gasteiger partial charge in [0.1, 0.15) is 0 Å². The van der Waals surface area contributed by atoms with Gasteiger partial charge in [-0.1, -0.05) is 6.07 Å². The predicted octanol–water partition coefficient (Wildman–Crippen LogP) is 2.42. The molecule has 2 N–H and O–H groups in total. The minimum absolute atomic E-state index is 0.743. The molecule has 0 atom stereocenters. The van der Waals surface area contributed by atoms with E-state index in [2.05, 4.69) is 25.3 Å². The second-order valence-corrected chi connectivity index (χ2v) is 3.65. The van der Waals surface area contributed by atoms with Gasteiger partial charge < -0.3 is 5.73 Å². The molecule has 0 aliphatic heterocycles. The van der Waals surface area contributed by atoms with E-state index in [4.69, 9.17) is 5.73 Å². The maximum atomic E-state index is 5.63. The minimum atomic E-state index is 0.743. The molecular formula is C9H13NS2. The first kappa shape index (κ1) is 9.81. The van der Waals surface area contributed by atoms with Crippen molar-refractivity contribution in [1.82, 2.24) is 0 Å². The normalized spacial score (nSPS) is 10.2. The third kappa shape index (κ3) is 2.64. The average Bonchev–Trinajstić information content (AvgIpc) is 2.07. The molecule has 0 spiro atoms. The Kier molecular flexibility index (Phi) is 3.82. The number of aryl methyl sites for hydroxylation is 1. The zero-order valence-electron chi connectivity index (χ0n) is 6.83. The fourth-order valence-electron chi connectivity index (χ4n) is 1.03. The lowest BCUT2D eigenvalue weighted by atomic mass is 10.1. The summed E-state index contributed by atoms with van der Waals surface area (Å²) in [5.41, 5.74) is 7.65. The van der Waals surface area contributed by atoms with E-state index in [1.807, 2.05) is 18.2 Å². The second-order valence-electron chi connectivity index (χ2n) is 2.72. The van der Waals surface area contributed by atoms with E-state index in [9.17, 15) is 0 Å². The van der Waals surface area contributed by atoms with Gasteiger partial charge in [-0.2, -0.15) is 12.6 Å². The number of rotatable bonds is 3. The molecule has 3 heteroatoms. The van der Waals surface area contributed by atoms with Gasteiger partial charge >= 0.3 is 0 Å². The van der Waals surface area contributed by atoms with E-state index in [0.717, 1.165) is 29.2 Å². The van der Waals surface area contributed by atoms with Crippen LogP contribution in [0.5, 0.6) is 0 Å². The molecule has 0 heterocycles. The van der Waals surface area contributed by atoms with E-state index in [1.165, 1.54) is 5.56 Å². The van der Waals surface area contributed by atoms with Crippen molar-refractivity contribution in [3.8, 4) is 0 Å². The number of hydrogen-bond donors (Lipinski definition) is 3. The van der Waals surface area contributed by atoms with E-state index >= 15 is 0 Å². The van der Waals surface area contributed by atoms with Crippen LogP contribution in [0.1, 0.15) is 12.0 Å². The SMILES string of the molecule is Nc1ccc(CCCS)cc1S. The molecule has 0 aromatic heterocycles. The summed E-state index contributed by atoms with van der Waals surface area (Å²) in [5.74, 6) is 0.923. The fourth-order valence-corrected chi connectivity index (χ4v) is 1.43. The Morgan fingerprint density at radius 3 is 2.67 bits per heavy atom. The van der Waals surface area contributed by atoms with Crippen LogP contribution in [0.3, 0.4) is 0 Å². The van der Waals surface area contributed by atoms with Crippen molar-refractivity contribution in [1.29, 1.82) is 0 Å². The van der Waals surface area contributed by atoms with Crippen LogP contribution >= 0.6 is 25.3 Å². The van der Waals surface area contributed by atoms with Crippen LogP contribution < -0.4 is 5.73 Å². The number of hydrogen-bond acceptors (Lipinski definition) is 3. The van der Waals surface area contributed by atoms with Crippen LogP contribution in [-0.4, -0.2) is 5.75 Å². The van der Waals surface area contributed by atoms with Gasteiger partial charge in [0.15, 0.2) is 0 Å². The molecule has 1 aromatic rings. The van der Waals surface area contributed by atoms with Crippen LogP contribution in [0.15, 0.2) is 23.1 Å². The van der Waals surface area contributed by atoms with Crippen molar-refractivity contribution in [2.75, 3.05) is 11.5 Å². The monoisotopic (exact) mass is 199 g/mol. The molecule has 0 saturated heterocycles. The molecule has 1 rings (SSSR count). The molecule has 0 bridgehead atoms. The molecule has 0 fully saturated rings. The van der Waals surface area contributed by atoms with Crippen LogP contribution in [0.25, 0.3) is 0 Å². The first-order chi connectivity index (χ1) is 5.74. The lowest BCUT2D eigenvalue weighted by molar-refractivity contribution is 0.932. The van der Waals surface area contributed by atoms with Crippen LogP contribution in [-0.2, 0) is 6.42 Å². The molecule has 0 amide bonds. The molecule has 12 heavy (non-hydrogen) atoms. The van der Waals surface area contributed by atoms with Gasteiger partial charge in [-0.25, -0.2) is 0 Å². The summed E-state index contributed by atoms with van der Waals surface area (Å²) in [7, 11) is 0. The molecule has 1 nitrogen and oxygen atoms in total. The highest BCUT2D eigenvalue weighted by Crippen LogP contribution is 2.18. The first-order valence-corrected chi connectivity index (χ1v) is 5.00. The number of nitrogen functional groups attached to an aromatic ring is 1. The number of benzene rings is 1. The van der Waals surface area contributed by atoms with Gasteiger partial charge in [0.2, 0.25) is 0 Å². The van der Waals surface area contributed by atoms with Crippen LogP contribution in [0, 0.1) is 0 Å². The summed E-state index contributed by atoms with van der Waals surface area (Å²) in [6, 6.07) is 5.95. The highest BCUT2D eigenvalue weighted by Gasteiger charge is 1.96. The van der Waals surface area contributed by atoms with Crippen molar-refractivity contribution in [3.05, 3.63) is 23.8 Å². The maximum Gasteiger partial charge on any atom is 0.0449 e. The highest BCUT2D eigenvalue weighted by molar-refractivity contribution is 7.80. The predicted molar refractivity (Wildman–Crippen MR) is 60.3 cm³/mol. The topological polar surface area (TPSA) is 26.0 Å². The Morgan fingerprint density at radius 2 is 2.08 bits per heavy atom. The quantitative estimate of drug-likeness (QED) is 0.506. The second kappa shape index (κ2) is 4.67. The molecule has 0 radical (unpaired) electrons. The Labute approximate surface area is 84.2 Å². The molecule has 0 unspecified atom stereocenters. The molecule has 66 valence electrons. The molecule has 0 saturated carbocycles. The summed E-state index contributed by atoms with van der Waals surface area (Å²) in [5, 5.41) is 0. The van der Waals surface area contributed by atoms with Crippen molar-refractivity contribution in [2.45, 2.75) is 17.7 Å². The minimum Gasteiger partial charge on any atom is -0.398 e. The zero-order chi connectivity index (χ0) is 8.97. The first-order valence-electron chi connectivity index (χ1n) is 3.92. The van der Waals surface area contributed by atoms with E-state index in [-0.39, 0.29) is 0 Å². The van der Waals surface area contributed by atoms with Gasteiger partial charge in [0.05, 0.1) is 0 Å². The third-order valence-electron chi connectivity index (χ3n) is 1.72. The number of anilines is 1. The Balaban J connectivity index is 2.69. The van der Waals surface area contributed by atoms with Gasteiger partial charge in [-0.3, -0.25) is 0 Å².